The number of hydrogen-bond acceptors (Lipinski definition) is 5. The maximum atomic E-state index is 13.0. The minimum absolute atomic E-state index is 0.170. The zero-order chi connectivity index (χ0) is 25.9. The number of hydrogen-bond donors (Lipinski definition) is 3. The van der Waals surface area contributed by atoms with Crippen LogP contribution in [0.1, 0.15) is 22.7 Å². The molecule has 0 aliphatic heterocycles. The van der Waals surface area contributed by atoms with Crippen LogP contribution < -0.4 is 11.0 Å². The van der Waals surface area contributed by atoms with Gasteiger partial charge in [-0.25, -0.2) is 9.48 Å². The van der Waals surface area contributed by atoms with E-state index in [4.69, 9.17) is 11.6 Å². The lowest BCUT2D eigenvalue weighted by Crippen LogP contribution is -2.39. The van der Waals surface area contributed by atoms with E-state index >= 15 is 0 Å². The number of aliphatic hydroxyl groups excluding tert-OH is 2. The molecule has 35 heavy (non-hydrogen) atoms. The number of alkyl halides is 3. The van der Waals surface area contributed by atoms with Crippen LogP contribution in [-0.2, 0) is 17.9 Å². The summed E-state index contributed by atoms with van der Waals surface area (Å²) in [4.78, 5) is 25.6. The summed E-state index contributed by atoms with van der Waals surface area (Å²) in [6, 6.07) is 10.5. The Bertz CT molecular complexity index is 1260. The number of aliphatic hydroxyl groups is 2. The lowest BCUT2D eigenvalue weighted by molar-refractivity contribution is -0.207. The van der Waals surface area contributed by atoms with Gasteiger partial charge in [-0.15, -0.1) is 5.10 Å². The third-order valence-corrected chi connectivity index (χ3v) is 5.84. The quantitative estimate of drug-likeness (QED) is 0.430. The lowest BCUT2D eigenvalue weighted by Gasteiger charge is -2.19. The first-order chi connectivity index (χ1) is 16.4. The first-order valence-electron chi connectivity index (χ1n) is 10.6. The van der Waals surface area contributed by atoms with Crippen molar-refractivity contribution >= 4 is 17.5 Å². The van der Waals surface area contributed by atoms with Crippen LogP contribution in [0.4, 0.5) is 13.2 Å². The molecule has 8 nitrogen and oxygen atoms in total. The topological polar surface area (TPSA) is 109 Å². The highest BCUT2D eigenvalue weighted by Crippen LogP contribution is 2.24. The van der Waals surface area contributed by atoms with Gasteiger partial charge in [-0.1, -0.05) is 29.8 Å². The molecule has 0 spiro atoms. The second-order valence-corrected chi connectivity index (χ2v) is 8.47. The van der Waals surface area contributed by atoms with Crippen molar-refractivity contribution in [1.82, 2.24) is 19.7 Å². The molecule has 3 N–H and O–H groups in total. The summed E-state index contributed by atoms with van der Waals surface area (Å²) in [5, 5.41) is 26.4. The fourth-order valence-electron chi connectivity index (χ4n) is 3.55. The molecule has 1 amide bonds. The summed E-state index contributed by atoms with van der Waals surface area (Å²) in [5.74, 6) is -0.855. The molecule has 2 atom stereocenters. The van der Waals surface area contributed by atoms with E-state index in [1.165, 1.54) is 24.3 Å². The fraction of sp³-hybridized carbons (Fsp3) is 0.348. The maximum absolute atomic E-state index is 13.0. The molecule has 2 aromatic carbocycles. The van der Waals surface area contributed by atoms with E-state index in [9.17, 15) is 33.0 Å². The molecular weight excluding hydrogens is 489 g/mol. The predicted molar refractivity (Wildman–Crippen MR) is 123 cm³/mol. The van der Waals surface area contributed by atoms with Gasteiger partial charge in [0.2, 0.25) is 5.91 Å². The molecule has 12 heteroatoms. The normalized spacial score (nSPS) is 13.5. The number of rotatable bonds is 8. The lowest BCUT2D eigenvalue weighted by atomic mass is 9.98. The Hall–Kier alpha value is -3.15. The van der Waals surface area contributed by atoms with Crippen LogP contribution >= 0.6 is 11.6 Å². The first-order valence-corrected chi connectivity index (χ1v) is 10.9. The van der Waals surface area contributed by atoms with Crippen LogP contribution in [-0.4, -0.2) is 49.4 Å². The Balaban J connectivity index is 1.91. The van der Waals surface area contributed by atoms with E-state index in [1.807, 2.05) is 19.9 Å². The Morgan fingerprint density at radius 1 is 1.17 bits per heavy atom. The molecule has 0 unspecified atom stereocenters. The van der Waals surface area contributed by atoms with Gasteiger partial charge in [-0.05, 0) is 54.8 Å². The number of halogens is 4. The van der Waals surface area contributed by atoms with Crippen molar-refractivity contribution in [2.24, 2.45) is 0 Å². The Labute approximate surface area is 203 Å². The van der Waals surface area contributed by atoms with Crippen molar-refractivity contribution in [3.05, 3.63) is 74.7 Å². The molecule has 0 aliphatic rings. The van der Waals surface area contributed by atoms with Gasteiger partial charge in [0.05, 0.1) is 19.2 Å². The van der Waals surface area contributed by atoms with E-state index in [-0.39, 0.29) is 11.4 Å². The van der Waals surface area contributed by atoms with Gasteiger partial charge in [-0.3, -0.25) is 9.36 Å². The molecular formula is C23H24ClF3N4O4. The van der Waals surface area contributed by atoms with Crippen molar-refractivity contribution in [2.75, 3.05) is 6.61 Å². The van der Waals surface area contributed by atoms with E-state index in [0.717, 1.165) is 11.1 Å². The van der Waals surface area contributed by atoms with Crippen molar-refractivity contribution in [3.63, 3.8) is 0 Å². The molecule has 0 bridgehead atoms. The van der Waals surface area contributed by atoms with Gasteiger partial charge < -0.3 is 15.5 Å². The Morgan fingerprint density at radius 3 is 2.43 bits per heavy atom. The standard InChI is InChI=1S/C23H24ClF3N4O4/c1-13-4-3-5-17(14(13)2)18(12-32)28-20(34)11-31-22(35)30(10-19(33)23(25,26)27)21(29-31)15-6-8-16(24)9-7-15/h3-9,18-19,32-33H,10-12H2,1-2H3,(H,28,34)/t18-,19-/m0/s1. The van der Waals surface area contributed by atoms with Gasteiger partial charge in [0.15, 0.2) is 11.9 Å². The van der Waals surface area contributed by atoms with Crippen molar-refractivity contribution in [3.8, 4) is 11.4 Å². The number of carbonyl (C=O) groups is 1. The zero-order valence-electron chi connectivity index (χ0n) is 18.9. The van der Waals surface area contributed by atoms with Gasteiger partial charge in [0, 0.05) is 10.6 Å². The summed E-state index contributed by atoms with van der Waals surface area (Å²) >= 11 is 5.87. The van der Waals surface area contributed by atoms with Crippen LogP contribution in [0.15, 0.2) is 47.3 Å². The van der Waals surface area contributed by atoms with E-state index < -0.39 is 49.6 Å². The van der Waals surface area contributed by atoms with Gasteiger partial charge in [0.25, 0.3) is 0 Å². The molecule has 3 rings (SSSR count). The molecule has 0 saturated carbocycles. The first kappa shape index (κ1) is 26.5. The fourth-order valence-corrected chi connectivity index (χ4v) is 3.67. The second-order valence-electron chi connectivity index (χ2n) is 8.03. The highest BCUT2D eigenvalue weighted by molar-refractivity contribution is 6.30. The largest absolute Gasteiger partial charge is 0.416 e. The van der Waals surface area contributed by atoms with Gasteiger partial charge >= 0.3 is 11.9 Å². The molecule has 1 aromatic heterocycles. The number of aryl methyl sites for hydroxylation is 1. The number of benzene rings is 2. The monoisotopic (exact) mass is 512 g/mol. The molecule has 0 radical (unpaired) electrons. The van der Waals surface area contributed by atoms with E-state index in [1.54, 1.807) is 12.1 Å². The molecule has 0 aliphatic carbocycles. The predicted octanol–water partition coefficient (Wildman–Crippen LogP) is 2.76. The average Bonchev–Trinajstić information content (AvgIpc) is 3.09. The molecule has 3 aromatic rings. The maximum Gasteiger partial charge on any atom is 0.416 e. The molecule has 0 fully saturated rings. The van der Waals surface area contributed by atoms with Crippen LogP contribution in [0.5, 0.6) is 0 Å². The number of nitrogens with zero attached hydrogens (tertiary/aromatic N) is 3. The number of aromatic nitrogens is 3. The minimum atomic E-state index is -4.96. The third-order valence-electron chi connectivity index (χ3n) is 5.59. The summed E-state index contributed by atoms with van der Waals surface area (Å²) in [6.07, 6.45) is -7.78. The van der Waals surface area contributed by atoms with E-state index in [2.05, 4.69) is 10.4 Å². The highest BCUT2D eigenvalue weighted by atomic mass is 35.5. The summed E-state index contributed by atoms with van der Waals surface area (Å²) in [6.45, 7) is 1.59. The number of amides is 1. The van der Waals surface area contributed by atoms with E-state index in [0.29, 0.717) is 19.8 Å². The highest BCUT2D eigenvalue weighted by Gasteiger charge is 2.39. The average molecular weight is 513 g/mol. The Kier molecular flexibility index (Phi) is 8.04. The molecule has 188 valence electrons. The second kappa shape index (κ2) is 10.6. The zero-order valence-corrected chi connectivity index (χ0v) is 19.6. The van der Waals surface area contributed by atoms with Crippen molar-refractivity contribution in [1.29, 1.82) is 0 Å². The van der Waals surface area contributed by atoms with Crippen LogP contribution in [0, 0.1) is 13.8 Å². The van der Waals surface area contributed by atoms with Crippen LogP contribution in [0.3, 0.4) is 0 Å². The number of carbonyl (C=O) groups excluding carboxylic acids is 1. The molecule has 1 heterocycles. The minimum Gasteiger partial charge on any atom is -0.394 e. The van der Waals surface area contributed by atoms with Gasteiger partial charge in [-0.2, -0.15) is 13.2 Å². The smallest absolute Gasteiger partial charge is 0.394 e. The SMILES string of the molecule is Cc1cccc([C@H](CO)NC(=O)Cn2nc(-c3ccc(Cl)cc3)n(C[C@H](O)C(F)(F)F)c2=O)c1C. The summed E-state index contributed by atoms with van der Waals surface area (Å²) in [7, 11) is 0. The molecule has 0 saturated heterocycles. The van der Waals surface area contributed by atoms with Crippen molar-refractivity contribution < 1.29 is 28.2 Å². The summed E-state index contributed by atoms with van der Waals surface area (Å²) in [5.41, 5.74) is 1.78. The van der Waals surface area contributed by atoms with Crippen molar-refractivity contribution in [2.45, 2.75) is 45.3 Å². The van der Waals surface area contributed by atoms with Gasteiger partial charge in [0.1, 0.15) is 6.54 Å². The Morgan fingerprint density at radius 2 is 1.83 bits per heavy atom. The summed E-state index contributed by atoms with van der Waals surface area (Å²) < 4.78 is 40.3. The number of nitrogens with one attached hydrogen (secondary N) is 1. The van der Waals surface area contributed by atoms with Crippen LogP contribution in [0.25, 0.3) is 11.4 Å². The van der Waals surface area contributed by atoms with Crippen LogP contribution in [0.2, 0.25) is 5.02 Å². The third kappa shape index (κ3) is 6.11.